The number of hydrogen-bond donors (Lipinski definition) is 0. The standard InChI is InChI=1S/C23H22N2O/c26-23-12-7-16-25(23)17-15-22-20(18-8-3-1-4-9-18)13-14-21(24-22)19-10-5-2-6-11-19/h1-6,8-11,13-14H,7,12,15-17H2. The van der Waals surface area contributed by atoms with E-state index < -0.39 is 0 Å². The molecule has 1 aliphatic rings. The average molecular weight is 342 g/mol. The Balaban J connectivity index is 1.68. The molecule has 0 spiro atoms. The fourth-order valence-electron chi connectivity index (χ4n) is 3.52. The predicted octanol–water partition coefficient (Wildman–Crippen LogP) is 4.58. The smallest absolute Gasteiger partial charge is 0.222 e. The molecule has 4 rings (SSSR count). The third-order valence-electron chi connectivity index (χ3n) is 4.92. The van der Waals surface area contributed by atoms with Gasteiger partial charge in [0.2, 0.25) is 5.91 Å². The van der Waals surface area contributed by atoms with Crippen LogP contribution in [0.25, 0.3) is 22.4 Å². The summed E-state index contributed by atoms with van der Waals surface area (Å²) in [6.07, 6.45) is 2.43. The Hall–Kier alpha value is -2.94. The van der Waals surface area contributed by atoms with Crippen molar-refractivity contribution in [2.45, 2.75) is 19.3 Å². The lowest BCUT2D eigenvalue weighted by atomic mass is 10.0. The van der Waals surface area contributed by atoms with E-state index in [1.165, 1.54) is 5.56 Å². The molecule has 3 nitrogen and oxygen atoms in total. The Morgan fingerprint density at radius 3 is 2.19 bits per heavy atom. The second-order valence-electron chi connectivity index (χ2n) is 6.66. The van der Waals surface area contributed by atoms with Crippen molar-refractivity contribution in [2.75, 3.05) is 13.1 Å². The third-order valence-corrected chi connectivity index (χ3v) is 4.92. The zero-order chi connectivity index (χ0) is 17.8. The van der Waals surface area contributed by atoms with Gasteiger partial charge < -0.3 is 4.90 Å². The van der Waals surface area contributed by atoms with Gasteiger partial charge in [-0.05, 0) is 18.1 Å². The normalized spacial score (nSPS) is 14.0. The van der Waals surface area contributed by atoms with E-state index >= 15 is 0 Å². The Bertz CT molecular complexity index is 891. The first-order chi connectivity index (χ1) is 12.8. The first-order valence-electron chi connectivity index (χ1n) is 9.20. The third kappa shape index (κ3) is 3.52. The molecule has 1 aromatic heterocycles. The van der Waals surface area contributed by atoms with Gasteiger partial charge in [-0.25, -0.2) is 0 Å². The number of carbonyl (C=O) groups is 1. The summed E-state index contributed by atoms with van der Waals surface area (Å²) < 4.78 is 0. The molecule has 0 bridgehead atoms. The molecule has 2 heterocycles. The van der Waals surface area contributed by atoms with Gasteiger partial charge in [0.25, 0.3) is 0 Å². The molecule has 3 aromatic rings. The van der Waals surface area contributed by atoms with Gasteiger partial charge in [0.05, 0.1) is 11.4 Å². The van der Waals surface area contributed by atoms with E-state index in [2.05, 4.69) is 36.4 Å². The molecule has 0 unspecified atom stereocenters. The molecular weight excluding hydrogens is 320 g/mol. The number of pyridine rings is 1. The van der Waals surface area contributed by atoms with E-state index in [1.54, 1.807) is 0 Å². The minimum atomic E-state index is 0.269. The highest BCUT2D eigenvalue weighted by Crippen LogP contribution is 2.27. The van der Waals surface area contributed by atoms with E-state index in [4.69, 9.17) is 4.98 Å². The summed E-state index contributed by atoms with van der Waals surface area (Å²) in [6.45, 7) is 1.61. The van der Waals surface area contributed by atoms with Crippen molar-refractivity contribution in [1.29, 1.82) is 0 Å². The number of rotatable bonds is 5. The number of nitrogens with zero attached hydrogens (tertiary/aromatic N) is 2. The molecule has 0 saturated carbocycles. The van der Waals surface area contributed by atoms with E-state index in [9.17, 15) is 4.79 Å². The van der Waals surface area contributed by atoms with Crippen LogP contribution in [0.15, 0.2) is 72.8 Å². The first-order valence-corrected chi connectivity index (χ1v) is 9.20. The van der Waals surface area contributed by atoms with Crippen molar-refractivity contribution in [3.63, 3.8) is 0 Å². The molecule has 26 heavy (non-hydrogen) atoms. The number of aromatic nitrogens is 1. The highest BCUT2D eigenvalue weighted by Gasteiger charge is 2.20. The van der Waals surface area contributed by atoms with Crippen LogP contribution in [0.5, 0.6) is 0 Å². The van der Waals surface area contributed by atoms with Crippen molar-refractivity contribution in [1.82, 2.24) is 9.88 Å². The summed E-state index contributed by atoms with van der Waals surface area (Å²) in [5.41, 5.74) is 5.47. The fourth-order valence-corrected chi connectivity index (χ4v) is 3.52. The van der Waals surface area contributed by atoms with Crippen molar-refractivity contribution >= 4 is 5.91 Å². The maximum Gasteiger partial charge on any atom is 0.222 e. The summed E-state index contributed by atoms with van der Waals surface area (Å²) >= 11 is 0. The van der Waals surface area contributed by atoms with E-state index in [0.29, 0.717) is 6.42 Å². The molecule has 0 aliphatic carbocycles. The summed E-state index contributed by atoms with van der Waals surface area (Å²) in [6, 6.07) is 24.8. The summed E-state index contributed by atoms with van der Waals surface area (Å²) in [5, 5.41) is 0. The second-order valence-corrected chi connectivity index (χ2v) is 6.66. The number of benzene rings is 2. The highest BCUT2D eigenvalue weighted by atomic mass is 16.2. The van der Waals surface area contributed by atoms with Crippen LogP contribution >= 0.6 is 0 Å². The van der Waals surface area contributed by atoms with Gasteiger partial charge in [0.1, 0.15) is 0 Å². The largest absolute Gasteiger partial charge is 0.342 e. The molecule has 0 N–H and O–H groups in total. The van der Waals surface area contributed by atoms with Gasteiger partial charge in [-0.3, -0.25) is 9.78 Å². The Labute approximate surface area is 154 Å². The zero-order valence-corrected chi connectivity index (χ0v) is 14.8. The lowest BCUT2D eigenvalue weighted by Gasteiger charge is -2.17. The van der Waals surface area contributed by atoms with Crippen LogP contribution in [0.2, 0.25) is 0 Å². The molecule has 0 radical (unpaired) electrons. The Morgan fingerprint density at radius 1 is 0.846 bits per heavy atom. The number of carbonyl (C=O) groups excluding carboxylic acids is 1. The topological polar surface area (TPSA) is 33.2 Å². The molecule has 1 saturated heterocycles. The SMILES string of the molecule is O=C1CCCN1CCc1nc(-c2ccccc2)ccc1-c1ccccc1. The molecular formula is C23H22N2O. The molecule has 0 atom stereocenters. The van der Waals surface area contributed by atoms with E-state index in [-0.39, 0.29) is 5.91 Å². The van der Waals surface area contributed by atoms with Crippen molar-refractivity contribution in [3.05, 3.63) is 78.5 Å². The zero-order valence-electron chi connectivity index (χ0n) is 14.8. The van der Waals surface area contributed by atoms with Crippen molar-refractivity contribution in [3.8, 4) is 22.4 Å². The quantitative estimate of drug-likeness (QED) is 0.680. The van der Waals surface area contributed by atoms with E-state index in [1.807, 2.05) is 41.3 Å². The van der Waals surface area contributed by atoms with Gasteiger partial charge >= 0.3 is 0 Å². The van der Waals surface area contributed by atoms with Crippen LogP contribution < -0.4 is 0 Å². The fraction of sp³-hybridized carbons (Fsp3) is 0.217. The van der Waals surface area contributed by atoms with Gasteiger partial charge in [0.15, 0.2) is 0 Å². The maximum atomic E-state index is 11.9. The predicted molar refractivity (Wildman–Crippen MR) is 105 cm³/mol. The summed E-state index contributed by atoms with van der Waals surface area (Å²) in [7, 11) is 0. The average Bonchev–Trinajstić information content (AvgIpc) is 3.12. The van der Waals surface area contributed by atoms with Crippen LogP contribution in [-0.4, -0.2) is 28.9 Å². The molecule has 1 amide bonds. The first kappa shape index (κ1) is 16.5. The Morgan fingerprint density at radius 2 is 1.54 bits per heavy atom. The van der Waals surface area contributed by atoms with Crippen molar-refractivity contribution < 1.29 is 4.79 Å². The van der Waals surface area contributed by atoms with Crippen molar-refractivity contribution in [2.24, 2.45) is 0 Å². The lowest BCUT2D eigenvalue weighted by Crippen LogP contribution is -2.27. The molecule has 1 fully saturated rings. The Kier molecular flexibility index (Phi) is 4.78. The summed E-state index contributed by atoms with van der Waals surface area (Å²) in [4.78, 5) is 18.9. The van der Waals surface area contributed by atoms with Gasteiger partial charge in [0, 0.05) is 37.1 Å². The highest BCUT2D eigenvalue weighted by molar-refractivity contribution is 5.78. The lowest BCUT2D eigenvalue weighted by molar-refractivity contribution is -0.127. The molecule has 130 valence electrons. The molecule has 1 aliphatic heterocycles. The number of hydrogen-bond acceptors (Lipinski definition) is 2. The van der Waals surface area contributed by atoms with Crippen LogP contribution in [0.1, 0.15) is 18.5 Å². The summed E-state index contributed by atoms with van der Waals surface area (Å²) in [5.74, 6) is 0.269. The minimum Gasteiger partial charge on any atom is -0.342 e. The molecule has 3 heteroatoms. The van der Waals surface area contributed by atoms with Crippen LogP contribution in [0.3, 0.4) is 0 Å². The van der Waals surface area contributed by atoms with Gasteiger partial charge in [-0.1, -0.05) is 66.7 Å². The van der Waals surface area contributed by atoms with E-state index in [0.717, 1.165) is 48.4 Å². The van der Waals surface area contributed by atoms with Gasteiger partial charge in [-0.2, -0.15) is 0 Å². The number of amides is 1. The maximum absolute atomic E-state index is 11.9. The van der Waals surface area contributed by atoms with Crippen LogP contribution in [0.4, 0.5) is 0 Å². The second kappa shape index (κ2) is 7.52. The minimum absolute atomic E-state index is 0.269. The van der Waals surface area contributed by atoms with Gasteiger partial charge in [-0.15, -0.1) is 0 Å². The monoisotopic (exact) mass is 342 g/mol. The van der Waals surface area contributed by atoms with Crippen LogP contribution in [-0.2, 0) is 11.2 Å². The molecule has 2 aromatic carbocycles. The number of likely N-dealkylation sites (tertiary alicyclic amines) is 1. The van der Waals surface area contributed by atoms with Crippen LogP contribution in [0, 0.1) is 0 Å².